The summed E-state index contributed by atoms with van der Waals surface area (Å²) in [4.78, 5) is 29.0. The van der Waals surface area contributed by atoms with E-state index in [9.17, 15) is 23.3 Å². The van der Waals surface area contributed by atoms with Gasteiger partial charge in [-0.1, -0.05) is 12.1 Å². The number of nitrogens with one attached hydrogen (secondary N) is 2. The molecule has 2 aromatic carbocycles. The Morgan fingerprint density at radius 3 is 2.59 bits per heavy atom. The Hall–Kier alpha value is -3.18. The SMILES string of the molecule is CN(C)CCNc1c(OS(C)(=O)=O)cc([N+](=O)[O-])c2[nH]c3ccccc3c(=O)c12. The van der Waals surface area contributed by atoms with E-state index in [0.29, 0.717) is 24.0 Å². The molecule has 0 bridgehead atoms. The summed E-state index contributed by atoms with van der Waals surface area (Å²) in [5.74, 6) is -0.300. The van der Waals surface area contributed by atoms with Crippen LogP contribution in [0.4, 0.5) is 11.4 Å². The number of aromatic nitrogens is 1. The number of nitrogens with zero attached hydrogens (tertiary/aromatic N) is 2. The minimum atomic E-state index is -3.99. The Morgan fingerprint density at radius 2 is 1.97 bits per heavy atom. The average Bonchev–Trinajstić information content (AvgIpc) is 2.61. The molecule has 29 heavy (non-hydrogen) atoms. The van der Waals surface area contributed by atoms with E-state index >= 15 is 0 Å². The highest BCUT2D eigenvalue weighted by Gasteiger charge is 2.25. The Labute approximate surface area is 166 Å². The third-order valence-corrected chi connectivity index (χ3v) is 4.71. The van der Waals surface area contributed by atoms with Crippen LogP contribution >= 0.6 is 0 Å². The molecule has 0 amide bonds. The van der Waals surface area contributed by atoms with Crippen molar-refractivity contribution in [1.82, 2.24) is 9.88 Å². The number of rotatable bonds is 7. The van der Waals surface area contributed by atoms with Gasteiger partial charge in [-0.15, -0.1) is 0 Å². The number of hydrogen-bond donors (Lipinski definition) is 2. The second-order valence-corrected chi connectivity index (χ2v) is 8.37. The summed E-state index contributed by atoms with van der Waals surface area (Å²) in [6.07, 6.45) is 0.831. The van der Waals surface area contributed by atoms with E-state index in [-0.39, 0.29) is 22.3 Å². The largest absolute Gasteiger partial charge is 0.380 e. The van der Waals surface area contributed by atoms with Crippen LogP contribution in [0.5, 0.6) is 5.75 Å². The predicted molar refractivity (Wildman–Crippen MR) is 111 cm³/mol. The van der Waals surface area contributed by atoms with Crippen LogP contribution in [-0.4, -0.2) is 56.7 Å². The van der Waals surface area contributed by atoms with Crippen LogP contribution in [0, 0.1) is 10.1 Å². The summed E-state index contributed by atoms with van der Waals surface area (Å²) in [5.41, 5.74) is -0.413. The van der Waals surface area contributed by atoms with Crippen molar-refractivity contribution in [3.63, 3.8) is 0 Å². The lowest BCUT2D eigenvalue weighted by atomic mass is 10.1. The number of benzene rings is 2. The fraction of sp³-hybridized carbons (Fsp3) is 0.278. The van der Waals surface area contributed by atoms with E-state index < -0.39 is 26.2 Å². The van der Waals surface area contributed by atoms with Gasteiger partial charge in [0, 0.05) is 24.0 Å². The van der Waals surface area contributed by atoms with E-state index in [4.69, 9.17) is 4.18 Å². The van der Waals surface area contributed by atoms with Crippen molar-refractivity contribution in [3.8, 4) is 5.75 Å². The summed E-state index contributed by atoms with van der Waals surface area (Å²) in [7, 11) is -0.291. The van der Waals surface area contributed by atoms with Crippen molar-refractivity contribution in [2.24, 2.45) is 0 Å². The molecule has 0 radical (unpaired) electrons. The lowest BCUT2D eigenvalue weighted by Crippen LogP contribution is -2.22. The summed E-state index contributed by atoms with van der Waals surface area (Å²) in [5, 5.41) is 14.9. The number of pyridine rings is 1. The molecule has 0 spiro atoms. The number of fused-ring (bicyclic) bond motifs is 2. The third-order valence-electron chi connectivity index (χ3n) is 4.23. The molecule has 1 aromatic heterocycles. The number of non-ortho nitro benzene ring substituents is 1. The zero-order chi connectivity index (χ0) is 21.3. The van der Waals surface area contributed by atoms with Gasteiger partial charge < -0.3 is 19.4 Å². The highest BCUT2D eigenvalue weighted by molar-refractivity contribution is 7.86. The predicted octanol–water partition coefficient (Wildman–Crippen LogP) is 1.90. The Kier molecular flexibility index (Phi) is 5.44. The van der Waals surface area contributed by atoms with Crippen molar-refractivity contribution in [1.29, 1.82) is 0 Å². The Balaban J connectivity index is 2.41. The van der Waals surface area contributed by atoms with Crippen LogP contribution in [0.2, 0.25) is 0 Å². The highest BCUT2D eigenvalue weighted by atomic mass is 32.2. The van der Waals surface area contributed by atoms with Gasteiger partial charge in [0.1, 0.15) is 5.52 Å². The summed E-state index contributed by atoms with van der Waals surface area (Å²) >= 11 is 0. The van der Waals surface area contributed by atoms with Gasteiger partial charge in [-0.3, -0.25) is 14.9 Å². The molecule has 0 aliphatic carbocycles. The average molecular weight is 420 g/mol. The number of anilines is 1. The lowest BCUT2D eigenvalue weighted by molar-refractivity contribution is -0.383. The zero-order valence-corrected chi connectivity index (χ0v) is 16.9. The summed E-state index contributed by atoms with van der Waals surface area (Å²) in [6, 6.07) is 7.61. The van der Waals surface area contributed by atoms with Crippen LogP contribution < -0.4 is 14.9 Å². The van der Waals surface area contributed by atoms with Gasteiger partial charge in [0.05, 0.1) is 28.3 Å². The molecule has 3 aromatic rings. The maximum Gasteiger partial charge on any atom is 0.306 e. The normalized spacial score (nSPS) is 11.9. The van der Waals surface area contributed by atoms with Gasteiger partial charge in [0.25, 0.3) is 5.69 Å². The molecule has 0 saturated heterocycles. The smallest absolute Gasteiger partial charge is 0.306 e. The second-order valence-electron chi connectivity index (χ2n) is 6.79. The first-order valence-corrected chi connectivity index (χ1v) is 10.4. The molecule has 3 rings (SSSR count). The maximum absolute atomic E-state index is 13.2. The third kappa shape index (κ3) is 4.30. The van der Waals surface area contributed by atoms with Crippen molar-refractivity contribution < 1.29 is 17.5 Å². The molecular weight excluding hydrogens is 400 g/mol. The van der Waals surface area contributed by atoms with Crippen molar-refractivity contribution in [2.45, 2.75) is 0 Å². The number of nitro groups is 1. The molecule has 0 aliphatic heterocycles. The molecule has 0 atom stereocenters. The standard InChI is InChI=1S/C18H20N4O6S/c1-21(2)9-8-19-17-14(28-29(3,26)27)10-13(22(24)25)16-15(17)18(23)11-6-4-5-7-12(11)20-16/h4-7,10,19H,8-9H2,1-3H3,(H,20,23). The first kappa shape index (κ1) is 20.6. The quantitative estimate of drug-likeness (QED) is 0.256. The van der Waals surface area contributed by atoms with Gasteiger partial charge in [-0.2, -0.15) is 8.42 Å². The van der Waals surface area contributed by atoms with Crippen LogP contribution in [0.15, 0.2) is 35.1 Å². The first-order valence-electron chi connectivity index (χ1n) is 8.62. The van der Waals surface area contributed by atoms with Crippen molar-refractivity contribution >= 4 is 43.3 Å². The van der Waals surface area contributed by atoms with Crippen molar-refractivity contribution in [3.05, 3.63) is 50.7 Å². The van der Waals surface area contributed by atoms with E-state index in [2.05, 4.69) is 10.3 Å². The van der Waals surface area contributed by atoms with E-state index in [0.717, 1.165) is 12.3 Å². The summed E-state index contributed by atoms with van der Waals surface area (Å²) in [6.45, 7) is 0.925. The van der Waals surface area contributed by atoms with Crippen LogP contribution in [-0.2, 0) is 10.1 Å². The minimum Gasteiger partial charge on any atom is -0.380 e. The molecule has 10 nitrogen and oxygen atoms in total. The van der Waals surface area contributed by atoms with Gasteiger partial charge >= 0.3 is 10.1 Å². The van der Waals surface area contributed by atoms with Gasteiger partial charge in [-0.05, 0) is 26.2 Å². The fourth-order valence-corrected chi connectivity index (χ4v) is 3.47. The number of nitro benzene ring substituents is 1. The molecule has 0 unspecified atom stereocenters. The van der Waals surface area contributed by atoms with Gasteiger partial charge in [0.15, 0.2) is 11.2 Å². The number of para-hydroxylation sites is 1. The zero-order valence-electron chi connectivity index (χ0n) is 16.1. The minimum absolute atomic E-state index is 0.00750. The monoisotopic (exact) mass is 420 g/mol. The number of hydrogen-bond acceptors (Lipinski definition) is 8. The summed E-state index contributed by atoms with van der Waals surface area (Å²) < 4.78 is 28.5. The Bertz CT molecular complexity index is 1270. The molecule has 0 saturated carbocycles. The number of likely N-dealkylation sites (N-methyl/N-ethyl adjacent to an activating group) is 1. The van der Waals surface area contributed by atoms with E-state index in [1.165, 1.54) is 0 Å². The molecule has 1 heterocycles. The molecule has 0 aliphatic rings. The number of H-pyrrole nitrogens is 1. The van der Waals surface area contributed by atoms with Crippen LogP contribution in [0.3, 0.4) is 0 Å². The molecule has 0 fully saturated rings. The maximum atomic E-state index is 13.2. The van der Waals surface area contributed by atoms with Gasteiger partial charge in [-0.25, -0.2) is 0 Å². The van der Waals surface area contributed by atoms with Gasteiger partial charge in [0.2, 0.25) is 0 Å². The van der Waals surface area contributed by atoms with E-state index in [1.807, 2.05) is 19.0 Å². The second kappa shape index (κ2) is 7.68. The molecular formula is C18H20N4O6S. The Morgan fingerprint density at radius 1 is 1.28 bits per heavy atom. The first-order chi connectivity index (χ1) is 13.6. The van der Waals surface area contributed by atoms with E-state index in [1.54, 1.807) is 24.3 Å². The highest BCUT2D eigenvalue weighted by Crippen LogP contribution is 2.38. The van der Waals surface area contributed by atoms with Crippen molar-refractivity contribution in [2.75, 3.05) is 38.8 Å². The molecule has 154 valence electrons. The molecule has 11 heteroatoms. The van der Waals surface area contributed by atoms with Crippen LogP contribution in [0.1, 0.15) is 0 Å². The number of aromatic amines is 1. The van der Waals surface area contributed by atoms with Crippen LogP contribution in [0.25, 0.3) is 21.8 Å². The fourth-order valence-electron chi connectivity index (χ4n) is 3.01. The lowest BCUT2D eigenvalue weighted by Gasteiger charge is -2.17. The molecule has 2 N–H and O–H groups in total. The topological polar surface area (TPSA) is 135 Å².